The summed E-state index contributed by atoms with van der Waals surface area (Å²) in [5.74, 6) is 1.15. The third kappa shape index (κ3) is 5.46. The first-order chi connectivity index (χ1) is 15.9. The van der Waals surface area contributed by atoms with Gasteiger partial charge in [-0.3, -0.25) is 9.36 Å². The lowest BCUT2D eigenvalue weighted by atomic mass is 10.0. The van der Waals surface area contributed by atoms with Gasteiger partial charge < -0.3 is 5.32 Å². The van der Waals surface area contributed by atoms with E-state index in [0.717, 1.165) is 22.5 Å². The van der Waals surface area contributed by atoms with Gasteiger partial charge in [0.2, 0.25) is 5.91 Å². The van der Waals surface area contributed by atoms with Crippen LogP contribution in [0.1, 0.15) is 30.9 Å². The number of carbonyl (C=O) groups excluding carboxylic acids is 1. The number of nitrogens with one attached hydrogen (secondary N) is 1. The molecule has 0 fully saturated rings. The standard InChI is InChI=1S/C26H25ClN4OS/c1-17(2)22-9-4-5-10-23(22)31-25(19-11-13-20(27)14-12-19)29-30-26(31)33-16-24(32)28-21-8-6-7-18(3)15-21/h4-15,17H,16H2,1-3H3,(H,28,32). The van der Waals surface area contributed by atoms with E-state index in [4.69, 9.17) is 11.6 Å². The molecule has 4 rings (SSSR count). The highest BCUT2D eigenvalue weighted by atomic mass is 35.5. The summed E-state index contributed by atoms with van der Waals surface area (Å²) in [5, 5.41) is 13.2. The Morgan fingerprint density at radius 2 is 1.79 bits per heavy atom. The van der Waals surface area contributed by atoms with E-state index in [0.29, 0.717) is 21.9 Å². The Balaban J connectivity index is 1.67. The van der Waals surface area contributed by atoms with Crippen LogP contribution in [0.3, 0.4) is 0 Å². The maximum atomic E-state index is 12.6. The van der Waals surface area contributed by atoms with Crippen molar-refractivity contribution in [2.45, 2.75) is 31.8 Å². The molecule has 0 saturated carbocycles. The van der Waals surface area contributed by atoms with Crippen LogP contribution in [-0.4, -0.2) is 26.4 Å². The molecule has 3 aromatic carbocycles. The van der Waals surface area contributed by atoms with Gasteiger partial charge in [0.15, 0.2) is 11.0 Å². The summed E-state index contributed by atoms with van der Waals surface area (Å²) in [6, 6.07) is 23.5. The van der Waals surface area contributed by atoms with Gasteiger partial charge >= 0.3 is 0 Å². The molecule has 0 radical (unpaired) electrons. The second kappa shape index (κ2) is 10.2. The number of amides is 1. The van der Waals surface area contributed by atoms with Gasteiger partial charge in [-0.05, 0) is 66.4 Å². The fourth-order valence-corrected chi connectivity index (χ4v) is 4.47. The molecule has 0 unspecified atom stereocenters. The van der Waals surface area contributed by atoms with Crippen LogP contribution in [0.5, 0.6) is 0 Å². The predicted octanol–water partition coefficient (Wildman–Crippen LogP) is 6.75. The van der Waals surface area contributed by atoms with E-state index >= 15 is 0 Å². The summed E-state index contributed by atoms with van der Waals surface area (Å²) in [6.45, 7) is 6.32. The predicted molar refractivity (Wildman–Crippen MR) is 136 cm³/mol. The van der Waals surface area contributed by atoms with Crippen molar-refractivity contribution in [1.29, 1.82) is 0 Å². The molecule has 1 N–H and O–H groups in total. The van der Waals surface area contributed by atoms with Crippen molar-refractivity contribution in [2.75, 3.05) is 11.1 Å². The molecule has 0 aliphatic heterocycles. The van der Waals surface area contributed by atoms with E-state index < -0.39 is 0 Å². The largest absolute Gasteiger partial charge is 0.325 e. The number of thioether (sulfide) groups is 1. The Kier molecular flexibility index (Phi) is 7.16. The van der Waals surface area contributed by atoms with Gasteiger partial charge in [-0.2, -0.15) is 0 Å². The van der Waals surface area contributed by atoms with Gasteiger partial charge in [-0.25, -0.2) is 0 Å². The molecule has 0 spiro atoms. The Labute approximate surface area is 203 Å². The molecular formula is C26H25ClN4OS. The number of nitrogens with zero attached hydrogens (tertiary/aromatic N) is 3. The molecule has 168 valence electrons. The van der Waals surface area contributed by atoms with Crippen LogP contribution in [0.2, 0.25) is 5.02 Å². The number of aromatic nitrogens is 3. The SMILES string of the molecule is Cc1cccc(NC(=O)CSc2nnc(-c3ccc(Cl)cc3)n2-c2ccccc2C(C)C)c1. The summed E-state index contributed by atoms with van der Waals surface area (Å²) in [6.07, 6.45) is 0. The van der Waals surface area contributed by atoms with Gasteiger partial charge in [0, 0.05) is 16.3 Å². The van der Waals surface area contributed by atoms with Crippen LogP contribution < -0.4 is 5.32 Å². The van der Waals surface area contributed by atoms with Gasteiger partial charge in [-0.15, -0.1) is 10.2 Å². The number of hydrogen-bond acceptors (Lipinski definition) is 4. The molecule has 1 amide bonds. The smallest absolute Gasteiger partial charge is 0.234 e. The van der Waals surface area contributed by atoms with Gasteiger partial charge in [-0.1, -0.05) is 67.5 Å². The Bertz CT molecular complexity index is 1270. The van der Waals surface area contributed by atoms with E-state index in [9.17, 15) is 4.79 Å². The lowest BCUT2D eigenvalue weighted by Crippen LogP contribution is -2.14. The third-order valence-electron chi connectivity index (χ3n) is 5.17. The highest BCUT2D eigenvalue weighted by Gasteiger charge is 2.20. The van der Waals surface area contributed by atoms with Gasteiger partial charge in [0.1, 0.15) is 0 Å². The van der Waals surface area contributed by atoms with E-state index in [1.807, 2.05) is 72.2 Å². The van der Waals surface area contributed by atoms with Gasteiger partial charge in [0.25, 0.3) is 0 Å². The van der Waals surface area contributed by atoms with E-state index in [1.165, 1.54) is 17.3 Å². The summed E-state index contributed by atoms with van der Waals surface area (Å²) in [4.78, 5) is 12.6. The van der Waals surface area contributed by atoms with E-state index in [2.05, 4.69) is 41.5 Å². The number of benzene rings is 3. The van der Waals surface area contributed by atoms with Crippen LogP contribution in [-0.2, 0) is 4.79 Å². The summed E-state index contributed by atoms with van der Waals surface area (Å²) < 4.78 is 2.03. The molecule has 1 aromatic heterocycles. The molecule has 1 heterocycles. The second-order valence-electron chi connectivity index (χ2n) is 8.07. The number of para-hydroxylation sites is 1. The normalized spacial score (nSPS) is 11.1. The first-order valence-electron chi connectivity index (χ1n) is 10.7. The van der Waals surface area contributed by atoms with Crippen LogP contribution in [0.15, 0.2) is 78.0 Å². The molecular weight excluding hydrogens is 452 g/mol. The van der Waals surface area contributed by atoms with Crippen molar-refractivity contribution >= 4 is 35.0 Å². The lowest BCUT2D eigenvalue weighted by Gasteiger charge is -2.17. The van der Waals surface area contributed by atoms with Crippen molar-refractivity contribution < 1.29 is 4.79 Å². The topological polar surface area (TPSA) is 59.8 Å². The second-order valence-corrected chi connectivity index (χ2v) is 9.45. The van der Waals surface area contributed by atoms with Crippen LogP contribution >= 0.6 is 23.4 Å². The zero-order chi connectivity index (χ0) is 23.4. The zero-order valence-electron chi connectivity index (χ0n) is 18.7. The molecule has 0 saturated heterocycles. The van der Waals surface area contributed by atoms with Crippen molar-refractivity contribution in [3.05, 3.63) is 88.9 Å². The van der Waals surface area contributed by atoms with Crippen LogP contribution in [0, 0.1) is 6.92 Å². The summed E-state index contributed by atoms with van der Waals surface area (Å²) in [7, 11) is 0. The molecule has 0 bridgehead atoms. The Morgan fingerprint density at radius 3 is 2.52 bits per heavy atom. The molecule has 7 heteroatoms. The first-order valence-corrected chi connectivity index (χ1v) is 12.1. The van der Waals surface area contributed by atoms with Crippen molar-refractivity contribution in [2.24, 2.45) is 0 Å². The third-order valence-corrected chi connectivity index (χ3v) is 6.35. The van der Waals surface area contributed by atoms with Crippen molar-refractivity contribution in [1.82, 2.24) is 14.8 Å². The summed E-state index contributed by atoms with van der Waals surface area (Å²) >= 11 is 7.46. The van der Waals surface area contributed by atoms with Gasteiger partial charge in [0.05, 0.1) is 11.4 Å². The van der Waals surface area contributed by atoms with Crippen LogP contribution in [0.25, 0.3) is 17.1 Å². The highest BCUT2D eigenvalue weighted by molar-refractivity contribution is 7.99. The molecule has 33 heavy (non-hydrogen) atoms. The lowest BCUT2D eigenvalue weighted by molar-refractivity contribution is -0.113. The minimum absolute atomic E-state index is 0.0923. The number of hydrogen-bond donors (Lipinski definition) is 1. The molecule has 4 aromatic rings. The van der Waals surface area contributed by atoms with E-state index in [1.54, 1.807) is 0 Å². The maximum Gasteiger partial charge on any atom is 0.234 e. The minimum atomic E-state index is -0.0923. The van der Waals surface area contributed by atoms with Crippen LogP contribution in [0.4, 0.5) is 5.69 Å². The Morgan fingerprint density at radius 1 is 1.03 bits per heavy atom. The molecule has 0 atom stereocenters. The summed E-state index contributed by atoms with van der Waals surface area (Å²) in [5.41, 5.74) is 4.97. The number of carbonyl (C=O) groups is 1. The fourth-order valence-electron chi connectivity index (χ4n) is 3.60. The maximum absolute atomic E-state index is 12.6. The average molecular weight is 477 g/mol. The Hall–Kier alpha value is -3.09. The first kappa shape index (κ1) is 23.1. The zero-order valence-corrected chi connectivity index (χ0v) is 20.3. The number of anilines is 1. The van der Waals surface area contributed by atoms with Crippen molar-refractivity contribution in [3.63, 3.8) is 0 Å². The van der Waals surface area contributed by atoms with Crippen molar-refractivity contribution in [3.8, 4) is 17.1 Å². The molecule has 5 nitrogen and oxygen atoms in total. The minimum Gasteiger partial charge on any atom is -0.325 e. The number of rotatable bonds is 7. The fraction of sp³-hybridized carbons (Fsp3) is 0.192. The number of aryl methyl sites for hydroxylation is 1. The molecule has 0 aliphatic rings. The number of halogens is 1. The molecule has 0 aliphatic carbocycles. The highest BCUT2D eigenvalue weighted by Crippen LogP contribution is 2.32. The van der Waals surface area contributed by atoms with E-state index in [-0.39, 0.29) is 11.7 Å². The average Bonchev–Trinajstić information content (AvgIpc) is 3.22. The monoisotopic (exact) mass is 476 g/mol. The quantitative estimate of drug-likeness (QED) is 0.300.